The van der Waals surface area contributed by atoms with Crippen molar-refractivity contribution in [2.45, 2.75) is 12.8 Å². The first kappa shape index (κ1) is 18.7. The van der Waals surface area contributed by atoms with Crippen LogP contribution in [0.5, 0.6) is 11.5 Å². The van der Waals surface area contributed by atoms with E-state index in [1.165, 1.54) is 6.08 Å². The summed E-state index contributed by atoms with van der Waals surface area (Å²) in [5, 5.41) is 3.89. The monoisotopic (exact) mass is 371 g/mol. The Labute approximate surface area is 145 Å². The maximum atomic E-state index is 6.15. The maximum Gasteiger partial charge on any atom is 0.156 e. The Hall–Kier alpha value is -0.320. The van der Waals surface area contributed by atoms with Crippen LogP contribution in [-0.4, -0.2) is 26.8 Å². The Kier molecular flexibility index (Phi) is 9.29. The molecule has 0 atom stereocenters. The molecular formula is C14H17Cl4NO2. The zero-order chi connectivity index (χ0) is 15.7. The molecule has 0 fully saturated rings. The van der Waals surface area contributed by atoms with E-state index in [0.29, 0.717) is 28.2 Å². The molecule has 1 aromatic rings. The normalized spacial score (nSPS) is 10.3. The van der Waals surface area contributed by atoms with Gasteiger partial charge in [-0.25, -0.2) is 0 Å². The number of rotatable bonds is 9. The molecule has 3 nitrogen and oxygen atoms in total. The van der Waals surface area contributed by atoms with Crippen LogP contribution in [0, 0.1) is 0 Å². The Bertz CT molecular complexity index is 453. The third-order valence-corrected chi connectivity index (χ3v) is 3.40. The van der Waals surface area contributed by atoms with E-state index in [0.717, 1.165) is 19.4 Å². The lowest BCUT2D eigenvalue weighted by molar-refractivity contribution is 0.305. The summed E-state index contributed by atoms with van der Waals surface area (Å²) in [5.74, 6) is 0.999. The number of unbranched alkanes of at least 4 members (excludes halogenated alkanes) is 1. The van der Waals surface area contributed by atoms with Gasteiger partial charge in [0.1, 0.15) is 16.8 Å². The van der Waals surface area contributed by atoms with Crippen molar-refractivity contribution >= 4 is 46.4 Å². The summed E-state index contributed by atoms with van der Waals surface area (Å²) in [6.07, 6.45) is 3.47. The molecule has 21 heavy (non-hydrogen) atoms. The van der Waals surface area contributed by atoms with Gasteiger partial charge < -0.3 is 14.8 Å². The highest BCUT2D eigenvalue weighted by molar-refractivity contribution is 6.55. The SMILES string of the molecule is CNCCCCOc1c(Cl)cc(OCC=C(Cl)Cl)cc1Cl. The summed E-state index contributed by atoms with van der Waals surface area (Å²) >= 11 is 23.3. The fourth-order valence-electron chi connectivity index (χ4n) is 1.54. The Morgan fingerprint density at radius 2 is 1.81 bits per heavy atom. The van der Waals surface area contributed by atoms with Gasteiger partial charge in [0.05, 0.1) is 16.7 Å². The Morgan fingerprint density at radius 3 is 2.38 bits per heavy atom. The highest BCUT2D eigenvalue weighted by Gasteiger charge is 2.10. The molecule has 0 saturated carbocycles. The molecule has 7 heteroatoms. The molecule has 0 aliphatic carbocycles. The lowest BCUT2D eigenvalue weighted by atomic mass is 10.3. The highest BCUT2D eigenvalue weighted by Crippen LogP contribution is 2.37. The first-order valence-corrected chi connectivity index (χ1v) is 7.96. The topological polar surface area (TPSA) is 30.5 Å². The number of hydrogen-bond acceptors (Lipinski definition) is 3. The molecule has 118 valence electrons. The number of benzene rings is 1. The average molecular weight is 373 g/mol. The second-order valence-corrected chi connectivity index (χ2v) is 6.00. The summed E-state index contributed by atoms with van der Waals surface area (Å²) < 4.78 is 11.2. The quantitative estimate of drug-likeness (QED) is 0.614. The van der Waals surface area contributed by atoms with Gasteiger partial charge in [-0.1, -0.05) is 46.4 Å². The van der Waals surface area contributed by atoms with Gasteiger partial charge in [0.15, 0.2) is 5.75 Å². The van der Waals surface area contributed by atoms with Crippen molar-refractivity contribution in [3.8, 4) is 11.5 Å². The van der Waals surface area contributed by atoms with Crippen LogP contribution < -0.4 is 14.8 Å². The van der Waals surface area contributed by atoms with E-state index in [1.807, 2.05) is 7.05 Å². The molecule has 0 unspecified atom stereocenters. The molecule has 0 bridgehead atoms. The van der Waals surface area contributed by atoms with Crippen LogP contribution in [0.4, 0.5) is 0 Å². The largest absolute Gasteiger partial charge is 0.490 e. The van der Waals surface area contributed by atoms with Crippen LogP contribution in [0.15, 0.2) is 22.7 Å². The van der Waals surface area contributed by atoms with Crippen LogP contribution in [0.2, 0.25) is 10.0 Å². The van der Waals surface area contributed by atoms with Crippen molar-refractivity contribution in [2.75, 3.05) is 26.8 Å². The number of halogens is 4. The lowest BCUT2D eigenvalue weighted by Crippen LogP contribution is -2.09. The molecule has 1 rings (SSSR count). The molecule has 1 N–H and O–H groups in total. The van der Waals surface area contributed by atoms with Crippen LogP contribution in [0.3, 0.4) is 0 Å². The van der Waals surface area contributed by atoms with E-state index in [-0.39, 0.29) is 11.1 Å². The molecule has 0 amide bonds. The molecule has 0 radical (unpaired) electrons. The molecule has 1 aromatic carbocycles. The molecule has 0 aliphatic rings. The van der Waals surface area contributed by atoms with Crippen LogP contribution >= 0.6 is 46.4 Å². The summed E-state index contributed by atoms with van der Waals surface area (Å²) in [6.45, 7) is 1.75. The minimum atomic E-state index is 0.147. The molecule has 0 aromatic heterocycles. The summed E-state index contributed by atoms with van der Waals surface area (Å²) in [6, 6.07) is 3.29. The predicted octanol–water partition coefficient (Wildman–Crippen LogP) is 5.07. The van der Waals surface area contributed by atoms with E-state index in [1.54, 1.807) is 12.1 Å². The molecule has 0 heterocycles. The standard InChI is InChI=1S/C14H17Cl4NO2/c1-19-5-2-3-6-21-14-11(15)8-10(9-12(14)16)20-7-4-13(17)18/h4,8-9,19H,2-3,5-7H2,1H3. The van der Waals surface area contributed by atoms with Crippen molar-refractivity contribution in [3.63, 3.8) is 0 Å². The Morgan fingerprint density at radius 1 is 1.14 bits per heavy atom. The van der Waals surface area contributed by atoms with Gasteiger partial charge in [0, 0.05) is 12.1 Å². The molecule has 0 aliphatic heterocycles. The van der Waals surface area contributed by atoms with Crippen LogP contribution in [0.25, 0.3) is 0 Å². The Balaban J connectivity index is 2.56. The van der Waals surface area contributed by atoms with E-state index >= 15 is 0 Å². The lowest BCUT2D eigenvalue weighted by Gasteiger charge is -2.12. The summed E-state index contributed by atoms with van der Waals surface area (Å²) in [5.41, 5.74) is 0. The molecule has 0 saturated heterocycles. The maximum absolute atomic E-state index is 6.15. The molecule has 0 spiro atoms. The zero-order valence-electron chi connectivity index (χ0n) is 11.6. The van der Waals surface area contributed by atoms with Crippen molar-refractivity contribution in [2.24, 2.45) is 0 Å². The van der Waals surface area contributed by atoms with E-state index in [2.05, 4.69) is 5.32 Å². The van der Waals surface area contributed by atoms with E-state index in [4.69, 9.17) is 55.9 Å². The van der Waals surface area contributed by atoms with Gasteiger partial charge in [-0.05, 0) is 32.5 Å². The number of hydrogen-bond donors (Lipinski definition) is 1. The van der Waals surface area contributed by atoms with Crippen molar-refractivity contribution in [1.29, 1.82) is 0 Å². The fourth-order valence-corrected chi connectivity index (χ4v) is 2.24. The van der Waals surface area contributed by atoms with Gasteiger partial charge in [0.2, 0.25) is 0 Å². The highest BCUT2D eigenvalue weighted by atomic mass is 35.5. The van der Waals surface area contributed by atoms with E-state index in [9.17, 15) is 0 Å². The second kappa shape index (κ2) is 10.4. The van der Waals surface area contributed by atoms with Crippen molar-refractivity contribution in [1.82, 2.24) is 5.32 Å². The first-order chi connectivity index (χ1) is 10.0. The minimum absolute atomic E-state index is 0.147. The van der Waals surface area contributed by atoms with Gasteiger partial charge in [0.25, 0.3) is 0 Å². The third-order valence-electron chi connectivity index (χ3n) is 2.53. The van der Waals surface area contributed by atoms with Crippen LogP contribution in [-0.2, 0) is 0 Å². The van der Waals surface area contributed by atoms with Crippen LogP contribution in [0.1, 0.15) is 12.8 Å². The van der Waals surface area contributed by atoms with Gasteiger partial charge >= 0.3 is 0 Å². The third kappa shape index (κ3) is 7.48. The van der Waals surface area contributed by atoms with Crippen molar-refractivity contribution in [3.05, 3.63) is 32.7 Å². The van der Waals surface area contributed by atoms with E-state index < -0.39 is 0 Å². The summed E-state index contributed by atoms with van der Waals surface area (Å²) in [4.78, 5) is 0. The average Bonchev–Trinajstić information content (AvgIpc) is 2.40. The molecular weight excluding hydrogens is 356 g/mol. The van der Waals surface area contributed by atoms with Gasteiger partial charge in [-0.2, -0.15) is 0 Å². The summed E-state index contributed by atoms with van der Waals surface area (Å²) in [7, 11) is 1.92. The zero-order valence-corrected chi connectivity index (χ0v) is 14.6. The number of ether oxygens (including phenoxy) is 2. The first-order valence-electron chi connectivity index (χ1n) is 6.45. The number of nitrogens with one attached hydrogen (secondary N) is 1. The fraction of sp³-hybridized carbons (Fsp3) is 0.429. The van der Waals surface area contributed by atoms with Gasteiger partial charge in [-0.3, -0.25) is 0 Å². The smallest absolute Gasteiger partial charge is 0.156 e. The minimum Gasteiger partial charge on any atom is -0.490 e. The van der Waals surface area contributed by atoms with Gasteiger partial charge in [-0.15, -0.1) is 0 Å². The second-order valence-electron chi connectivity index (χ2n) is 4.18. The van der Waals surface area contributed by atoms with Crippen molar-refractivity contribution < 1.29 is 9.47 Å². The predicted molar refractivity (Wildman–Crippen MR) is 90.4 cm³/mol.